The second-order valence-corrected chi connectivity index (χ2v) is 6.73. The molecule has 1 heteroatoms. The Morgan fingerprint density at radius 1 is 0.905 bits per heavy atom. The van der Waals surface area contributed by atoms with Gasteiger partial charge in [-0.1, -0.05) is 54.9 Å². The van der Waals surface area contributed by atoms with Crippen LogP contribution in [0.5, 0.6) is 0 Å². The molecular weight excluding hydrogens is 256 g/mol. The van der Waals surface area contributed by atoms with Gasteiger partial charge >= 0.3 is 0 Å². The zero-order chi connectivity index (χ0) is 15.8. The summed E-state index contributed by atoms with van der Waals surface area (Å²) in [6, 6.07) is 0. The second kappa shape index (κ2) is 9.04. The minimum absolute atomic E-state index is 0.357. The highest BCUT2D eigenvalue weighted by Crippen LogP contribution is 2.22. The second-order valence-electron chi connectivity index (χ2n) is 6.73. The Balaban J connectivity index is 3.00. The predicted molar refractivity (Wildman–Crippen MR) is 93.3 cm³/mol. The molecule has 0 saturated heterocycles. The maximum Gasteiger partial charge on any atom is 0.0792 e. The van der Waals surface area contributed by atoms with Crippen LogP contribution in [0.2, 0.25) is 0 Å². The summed E-state index contributed by atoms with van der Waals surface area (Å²) in [5, 5.41) is 10.5. The summed E-state index contributed by atoms with van der Waals surface area (Å²) in [7, 11) is 0. The van der Waals surface area contributed by atoms with Crippen molar-refractivity contribution in [3.05, 3.63) is 46.6 Å². The van der Waals surface area contributed by atoms with E-state index in [-0.39, 0.29) is 6.10 Å². The molecule has 0 aromatic carbocycles. The highest BCUT2D eigenvalue weighted by Gasteiger charge is 2.14. The summed E-state index contributed by atoms with van der Waals surface area (Å²) in [5.74, 6) is 0.381. The largest absolute Gasteiger partial charge is 0.388 e. The van der Waals surface area contributed by atoms with Gasteiger partial charge in [-0.05, 0) is 64.4 Å². The molecule has 0 amide bonds. The number of hydrogen-bond donors (Lipinski definition) is 1. The number of rotatable bonds is 1. The smallest absolute Gasteiger partial charge is 0.0792 e. The molecule has 0 radical (unpaired) electrons. The van der Waals surface area contributed by atoms with E-state index in [0.717, 1.165) is 37.7 Å². The fourth-order valence-electron chi connectivity index (χ4n) is 2.71. The normalized spacial score (nSPS) is 30.3. The molecule has 0 aromatic rings. The SMILES string of the molecule is CC1=C/C=C(/C(C)C)[C@@H](O)C/C(C)=C\CC/C(C)=C\CC1. The van der Waals surface area contributed by atoms with Gasteiger partial charge in [0.25, 0.3) is 0 Å². The van der Waals surface area contributed by atoms with Crippen LogP contribution in [-0.2, 0) is 0 Å². The van der Waals surface area contributed by atoms with E-state index in [0.29, 0.717) is 5.92 Å². The lowest BCUT2D eigenvalue weighted by atomic mass is 9.92. The third kappa shape index (κ3) is 6.95. The van der Waals surface area contributed by atoms with Gasteiger partial charge < -0.3 is 5.11 Å². The van der Waals surface area contributed by atoms with Gasteiger partial charge in [0, 0.05) is 0 Å². The first kappa shape index (κ1) is 18.0. The van der Waals surface area contributed by atoms with Crippen LogP contribution in [0.25, 0.3) is 0 Å². The van der Waals surface area contributed by atoms with Crippen molar-refractivity contribution in [2.45, 2.75) is 72.8 Å². The van der Waals surface area contributed by atoms with Crippen molar-refractivity contribution in [1.29, 1.82) is 0 Å². The van der Waals surface area contributed by atoms with Gasteiger partial charge in [0.1, 0.15) is 0 Å². The maximum absolute atomic E-state index is 10.5. The van der Waals surface area contributed by atoms with Crippen LogP contribution < -0.4 is 0 Å². The average Bonchev–Trinajstić information content (AvgIpc) is 2.37. The van der Waals surface area contributed by atoms with Crippen molar-refractivity contribution < 1.29 is 5.11 Å². The summed E-state index contributed by atoms with van der Waals surface area (Å²) >= 11 is 0. The van der Waals surface area contributed by atoms with E-state index in [1.807, 2.05) is 0 Å². The molecule has 0 heterocycles. The molecule has 118 valence electrons. The first-order chi connectivity index (χ1) is 9.90. The van der Waals surface area contributed by atoms with Crippen LogP contribution in [0.3, 0.4) is 0 Å². The average molecular weight is 288 g/mol. The number of aliphatic hydroxyl groups is 1. The first-order valence-electron chi connectivity index (χ1n) is 8.26. The molecule has 0 saturated carbocycles. The van der Waals surface area contributed by atoms with E-state index in [1.54, 1.807) is 0 Å². The van der Waals surface area contributed by atoms with E-state index >= 15 is 0 Å². The Morgan fingerprint density at radius 2 is 1.48 bits per heavy atom. The molecular formula is C20H32O. The predicted octanol–water partition coefficient (Wildman–Crippen LogP) is 5.73. The lowest BCUT2D eigenvalue weighted by Gasteiger charge is -2.19. The van der Waals surface area contributed by atoms with Crippen molar-refractivity contribution in [3.8, 4) is 0 Å². The molecule has 21 heavy (non-hydrogen) atoms. The molecule has 0 aromatic heterocycles. The molecule has 1 atom stereocenters. The third-order valence-electron chi connectivity index (χ3n) is 4.19. The number of allylic oxidation sites excluding steroid dienone is 6. The van der Waals surface area contributed by atoms with Gasteiger partial charge in [-0.15, -0.1) is 0 Å². The monoisotopic (exact) mass is 288 g/mol. The van der Waals surface area contributed by atoms with Crippen molar-refractivity contribution in [2.75, 3.05) is 0 Å². The van der Waals surface area contributed by atoms with Gasteiger partial charge in [-0.25, -0.2) is 0 Å². The minimum Gasteiger partial charge on any atom is -0.388 e. The molecule has 1 N–H and O–H groups in total. The Morgan fingerprint density at radius 3 is 2.10 bits per heavy atom. The van der Waals surface area contributed by atoms with Crippen molar-refractivity contribution in [1.82, 2.24) is 0 Å². The van der Waals surface area contributed by atoms with Gasteiger partial charge in [0.05, 0.1) is 6.10 Å². The minimum atomic E-state index is -0.357. The van der Waals surface area contributed by atoms with Crippen LogP contribution in [0.1, 0.15) is 66.7 Å². The lowest BCUT2D eigenvalue weighted by Crippen LogP contribution is -2.15. The summed E-state index contributed by atoms with van der Waals surface area (Å²) in [4.78, 5) is 0. The van der Waals surface area contributed by atoms with Crippen LogP contribution in [0.4, 0.5) is 0 Å². The first-order valence-corrected chi connectivity index (χ1v) is 8.26. The molecule has 0 fully saturated rings. The van der Waals surface area contributed by atoms with Gasteiger partial charge in [-0.3, -0.25) is 0 Å². The van der Waals surface area contributed by atoms with E-state index < -0.39 is 0 Å². The zero-order valence-corrected chi connectivity index (χ0v) is 14.4. The molecule has 0 unspecified atom stereocenters. The Hall–Kier alpha value is -1.08. The molecule has 1 aliphatic carbocycles. The lowest BCUT2D eigenvalue weighted by molar-refractivity contribution is 0.200. The molecule has 1 aliphatic rings. The van der Waals surface area contributed by atoms with Gasteiger partial charge in [0.15, 0.2) is 0 Å². The quantitative estimate of drug-likeness (QED) is 0.611. The molecule has 1 nitrogen and oxygen atoms in total. The van der Waals surface area contributed by atoms with E-state index in [4.69, 9.17) is 0 Å². The molecule has 0 aliphatic heterocycles. The highest BCUT2D eigenvalue weighted by molar-refractivity contribution is 5.23. The fraction of sp³-hybridized carbons (Fsp3) is 0.600. The fourth-order valence-corrected chi connectivity index (χ4v) is 2.71. The third-order valence-corrected chi connectivity index (χ3v) is 4.19. The van der Waals surface area contributed by atoms with E-state index in [1.165, 1.54) is 16.7 Å². The zero-order valence-electron chi connectivity index (χ0n) is 14.4. The van der Waals surface area contributed by atoms with E-state index in [9.17, 15) is 5.11 Å². The molecule has 0 spiro atoms. The number of hydrogen-bond acceptors (Lipinski definition) is 1. The van der Waals surface area contributed by atoms with E-state index in [2.05, 4.69) is 58.9 Å². The van der Waals surface area contributed by atoms with Crippen LogP contribution in [0.15, 0.2) is 46.6 Å². The molecule has 1 rings (SSSR count). The molecule has 0 bridgehead atoms. The van der Waals surface area contributed by atoms with Crippen LogP contribution in [-0.4, -0.2) is 11.2 Å². The van der Waals surface area contributed by atoms with Gasteiger partial charge in [0.2, 0.25) is 0 Å². The summed E-state index contributed by atoms with van der Waals surface area (Å²) < 4.78 is 0. The summed E-state index contributed by atoms with van der Waals surface area (Å²) in [6.45, 7) is 10.9. The van der Waals surface area contributed by atoms with Crippen molar-refractivity contribution in [2.24, 2.45) is 5.92 Å². The summed E-state index contributed by atoms with van der Waals surface area (Å²) in [6.07, 6.45) is 13.8. The standard InChI is InChI=1S/C20H32O/c1-15(2)19-13-12-17(4)10-6-8-16(3)9-7-11-18(5)14-20(19)21/h8,11-13,15,20-21H,6-7,9-10,14H2,1-5H3/b16-8-,17-12?,18-11-,19-13-/t20-/m0/s1. The maximum atomic E-state index is 10.5. The Labute approximate surface area is 131 Å². The van der Waals surface area contributed by atoms with Crippen molar-refractivity contribution >= 4 is 0 Å². The van der Waals surface area contributed by atoms with Crippen LogP contribution >= 0.6 is 0 Å². The number of aliphatic hydroxyl groups excluding tert-OH is 1. The topological polar surface area (TPSA) is 20.2 Å². The summed E-state index contributed by atoms with van der Waals surface area (Å²) in [5.41, 5.74) is 5.29. The Kier molecular flexibility index (Phi) is 7.74. The highest BCUT2D eigenvalue weighted by atomic mass is 16.3. The van der Waals surface area contributed by atoms with Gasteiger partial charge in [-0.2, -0.15) is 0 Å². The van der Waals surface area contributed by atoms with Crippen LogP contribution in [0, 0.1) is 5.92 Å². The Bertz CT molecular complexity index is 446. The van der Waals surface area contributed by atoms with Crippen molar-refractivity contribution in [3.63, 3.8) is 0 Å².